The van der Waals surface area contributed by atoms with E-state index < -0.39 is 5.92 Å². The maximum Gasteiger partial charge on any atom is 0.231 e. The van der Waals surface area contributed by atoms with Crippen LogP contribution in [-0.4, -0.2) is 41.3 Å². The Balaban J connectivity index is 1.66. The Bertz CT molecular complexity index is 793. The third kappa shape index (κ3) is 3.00. The van der Waals surface area contributed by atoms with Gasteiger partial charge in [-0.25, -0.2) is 0 Å². The third-order valence-corrected chi connectivity index (χ3v) is 4.89. The Labute approximate surface area is 146 Å². The van der Waals surface area contributed by atoms with E-state index in [4.69, 9.17) is 0 Å². The Morgan fingerprint density at radius 2 is 2.08 bits per heavy atom. The molecule has 0 aliphatic carbocycles. The van der Waals surface area contributed by atoms with Crippen molar-refractivity contribution in [3.8, 4) is 0 Å². The zero-order valence-corrected chi connectivity index (χ0v) is 13.8. The Morgan fingerprint density at radius 1 is 1.20 bits per heavy atom. The van der Waals surface area contributed by atoms with Gasteiger partial charge in [-0.2, -0.15) is 0 Å². The first kappa shape index (κ1) is 15.8. The molecule has 2 aliphatic heterocycles. The molecule has 2 amide bonds. The van der Waals surface area contributed by atoms with Gasteiger partial charge in [-0.15, -0.1) is 0 Å². The van der Waals surface area contributed by atoms with Gasteiger partial charge in [0.1, 0.15) is 0 Å². The number of hydrogen-bond donors (Lipinski definition) is 2. The SMILES string of the molecule is O=C1CC(C(=O)N2CCNCC2c2cccnc2)c2ccccc2N1. The molecule has 2 atom stereocenters. The molecule has 1 aromatic heterocycles. The Hall–Kier alpha value is -2.73. The zero-order valence-electron chi connectivity index (χ0n) is 13.8. The number of hydrogen-bond acceptors (Lipinski definition) is 4. The van der Waals surface area contributed by atoms with Crippen molar-refractivity contribution in [2.75, 3.05) is 25.0 Å². The second-order valence-electron chi connectivity index (χ2n) is 6.43. The van der Waals surface area contributed by atoms with Crippen LogP contribution in [-0.2, 0) is 9.59 Å². The van der Waals surface area contributed by atoms with E-state index in [-0.39, 0.29) is 24.3 Å². The first-order chi connectivity index (χ1) is 12.2. The fraction of sp³-hybridized carbons (Fsp3) is 0.316. The van der Waals surface area contributed by atoms with Crippen LogP contribution in [0.2, 0.25) is 0 Å². The summed E-state index contributed by atoms with van der Waals surface area (Å²) in [4.78, 5) is 31.5. The first-order valence-electron chi connectivity index (χ1n) is 8.54. The molecular weight excluding hydrogens is 316 g/mol. The van der Waals surface area contributed by atoms with Crippen molar-refractivity contribution >= 4 is 17.5 Å². The summed E-state index contributed by atoms with van der Waals surface area (Å²) in [5.41, 5.74) is 2.65. The van der Waals surface area contributed by atoms with Crippen molar-refractivity contribution < 1.29 is 9.59 Å². The number of carbonyl (C=O) groups excluding carboxylic acids is 2. The van der Waals surface area contributed by atoms with Crippen molar-refractivity contribution in [1.29, 1.82) is 0 Å². The molecule has 2 aliphatic rings. The highest BCUT2D eigenvalue weighted by Gasteiger charge is 2.37. The molecule has 1 fully saturated rings. The van der Waals surface area contributed by atoms with Crippen LogP contribution >= 0.6 is 0 Å². The molecule has 6 heteroatoms. The zero-order chi connectivity index (χ0) is 17.2. The number of anilines is 1. The highest BCUT2D eigenvalue weighted by Crippen LogP contribution is 2.35. The van der Waals surface area contributed by atoms with E-state index in [1.54, 1.807) is 12.4 Å². The van der Waals surface area contributed by atoms with Crippen LogP contribution in [0.1, 0.15) is 29.5 Å². The summed E-state index contributed by atoms with van der Waals surface area (Å²) in [5.74, 6) is -0.523. The Morgan fingerprint density at radius 3 is 2.92 bits per heavy atom. The number of rotatable bonds is 2. The molecule has 2 unspecified atom stereocenters. The summed E-state index contributed by atoms with van der Waals surface area (Å²) in [6.45, 7) is 2.07. The summed E-state index contributed by atoms with van der Waals surface area (Å²) >= 11 is 0. The van der Waals surface area contributed by atoms with Crippen molar-refractivity contribution in [1.82, 2.24) is 15.2 Å². The number of carbonyl (C=O) groups is 2. The van der Waals surface area contributed by atoms with Crippen LogP contribution in [0.4, 0.5) is 5.69 Å². The summed E-state index contributed by atoms with van der Waals surface area (Å²) in [7, 11) is 0. The van der Waals surface area contributed by atoms with E-state index in [1.807, 2.05) is 41.3 Å². The monoisotopic (exact) mass is 336 g/mol. The fourth-order valence-corrected chi connectivity index (χ4v) is 3.67. The average molecular weight is 336 g/mol. The van der Waals surface area contributed by atoms with E-state index in [0.29, 0.717) is 13.1 Å². The van der Waals surface area contributed by atoms with Gasteiger partial charge in [-0.05, 0) is 23.3 Å². The fourth-order valence-electron chi connectivity index (χ4n) is 3.67. The standard InChI is InChI=1S/C19H20N4O2/c24-18-10-15(14-5-1-2-6-16(14)22-18)19(25)23-9-8-21-12-17(23)13-4-3-7-20-11-13/h1-7,11,15,17,21H,8-10,12H2,(H,22,24). The van der Waals surface area contributed by atoms with Crippen LogP contribution in [0.25, 0.3) is 0 Å². The molecule has 128 valence electrons. The van der Waals surface area contributed by atoms with E-state index in [9.17, 15) is 9.59 Å². The molecule has 25 heavy (non-hydrogen) atoms. The maximum atomic E-state index is 13.3. The lowest BCUT2D eigenvalue weighted by Crippen LogP contribution is -2.50. The number of nitrogens with one attached hydrogen (secondary N) is 2. The highest BCUT2D eigenvalue weighted by molar-refractivity contribution is 6.01. The molecule has 0 radical (unpaired) electrons. The first-order valence-corrected chi connectivity index (χ1v) is 8.54. The molecule has 0 bridgehead atoms. The van der Waals surface area contributed by atoms with Gasteiger partial charge in [0.05, 0.1) is 12.0 Å². The summed E-state index contributed by atoms with van der Waals surface area (Å²) < 4.78 is 0. The maximum absolute atomic E-state index is 13.3. The predicted molar refractivity (Wildman–Crippen MR) is 94.0 cm³/mol. The minimum Gasteiger partial charge on any atom is -0.332 e. The van der Waals surface area contributed by atoms with Crippen LogP contribution in [0.15, 0.2) is 48.8 Å². The van der Waals surface area contributed by atoms with Gasteiger partial charge in [-0.1, -0.05) is 24.3 Å². The normalized spacial score (nSPS) is 22.9. The lowest BCUT2D eigenvalue weighted by molar-refractivity contribution is -0.138. The number of pyridine rings is 1. The molecule has 1 aromatic carbocycles. The number of fused-ring (bicyclic) bond motifs is 1. The second kappa shape index (κ2) is 6.64. The van der Waals surface area contributed by atoms with Gasteiger partial charge in [0, 0.05) is 44.1 Å². The molecule has 1 saturated heterocycles. The lowest BCUT2D eigenvalue weighted by Gasteiger charge is -2.39. The largest absolute Gasteiger partial charge is 0.332 e. The van der Waals surface area contributed by atoms with Crippen molar-refractivity contribution in [2.45, 2.75) is 18.4 Å². The molecule has 0 saturated carbocycles. The number of aromatic nitrogens is 1. The molecule has 4 rings (SSSR count). The van der Waals surface area contributed by atoms with Gasteiger partial charge >= 0.3 is 0 Å². The van der Waals surface area contributed by atoms with Gasteiger partial charge in [0.25, 0.3) is 0 Å². The van der Waals surface area contributed by atoms with E-state index in [1.165, 1.54) is 0 Å². The third-order valence-electron chi connectivity index (χ3n) is 4.89. The van der Waals surface area contributed by atoms with Gasteiger partial charge in [0.15, 0.2) is 0 Å². The molecule has 0 spiro atoms. The highest BCUT2D eigenvalue weighted by atomic mass is 16.2. The minimum absolute atomic E-state index is 0.0117. The molecule has 2 N–H and O–H groups in total. The lowest BCUT2D eigenvalue weighted by atomic mass is 9.88. The number of benzene rings is 1. The summed E-state index contributed by atoms with van der Waals surface area (Å²) in [5, 5.41) is 6.21. The number of piperazine rings is 1. The topological polar surface area (TPSA) is 74.3 Å². The number of nitrogens with zero attached hydrogens (tertiary/aromatic N) is 2. The van der Waals surface area contributed by atoms with Crippen LogP contribution < -0.4 is 10.6 Å². The van der Waals surface area contributed by atoms with E-state index in [2.05, 4.69) is 15.6 Å². The van der Waals surface area contributed by atoms with Crippen LogP contribution in [0.3, 0.4) is 0 Å². The number of amides is 2. The molecule has 6 nitrogen and oxygen atoms in total. The molecule has 2 aromatic rings. The second-order valence-corrected chi connectivity index (χ2v) is 6.43. The van der Waals surface area contributed by atoms with E-state index >= 15 is 0 Å². The quantitative estimate of drug-likeness (QED) is 0.875. The average Bonchev–Trinajstić information content (AvgIpc) is 2.67. The van der Waals surface area contributed by atoms with Crippen molar-refractivity contribution in [2.24, 2.45) is 0 Å². The summed E-state index contributed by atoms with van der Waals surface area (Å²) in [6.07, 6.45) is 3.73. The molecular formula is C19H20N4O2. The summed E-state index contributed by atoms with van der Waals surface area (Å²) in [6, 6.07) is 11.4. The minimum atomic E-state index is -0.428. The molecule has 3 heterocycles. The van der Waals surface area contributed by atoms with Crippen molar-refractivity contribution in [3.05, 3.63) is 59.9 Å². The predicted octanol–water partition coefficient (Wildman–Crippen LogP) is 1.68. The Kier molecular flexibility index (Phi) is 4.19. The van der Waals surface area contributed by atoms with Gasteiger partial charge in [0.2, 0.25) is 11.8 Å². The van der Waals surface area contributed by atoms with Crippen molar-refractivity contribution in [3.63, 3.8) is 0 Å². The smallest absolute Gasteiger partial charge is 0.231 e. The van der Waals surface area contributed by atoms with Gasteiger partial charge < -0.3 is 15.5 Å². The van der Waals surface area contributed by atoms with Crippen LogP contribution in [0.5, 0.6) is 0 Å². The van der Waals surface area contributed by atoms with Crippen LogP contribution in [0, 0.1) is 0 Å². The van der Waals surface area contributed by atoms with Gasteiger partial charge in [-0.3, -0.25) is 14.6 Å². The van der Waals surface area contributed by atoms with E-state index in [0.717, 1.165) is 23.4 Å². The number of para-hydroxylation sites is 1.